The highest BCUT2D eigenvalue weighted by molar-refractivity contribution is 5.96. The van der Waals surface area contributed by atoms with Crippen LogP contribution in [-0.2, 0) is 13.0 Å². The fourth-order valence-electron chi connectivity index (χ4n) is 2.68. The first-order valence-corrected chi connectivity index (χ1v) is 7.06. The summed E-state index contributed by atoms with van der Waals surface area (Å²) in [5.41, 5.74) is 3.59. The molecule has 1 N–H and O–H groups in total. The van der Waals surface area contributed by atoms with Gasteiger partial charge >= 0.3 is 0 Å². The summed E-state index contributed by atoms with van der Waals surface area (Å²) in [6.07, 6.45) is 4.05. The van der Waals surface area contributed by atoms with E-state index in [0.29, 0.717) is 18.1 Å². The number of Topliss-reactive ketones (excluding diaryl/α,β-unsaturated/α-hetero) is 1. The van der Waals surface area contributed by atoms with Gasteiger partial charge in [-0.3, -0.25) is 4.79 Å². The lowest BCUT2D eigenvalue weighted by atomic mass is 9.92. The summed E-state index contributed by atoms with van der Waals surface area (Å²) >= 11 is 0. The maximum Gasteiger partial charge on any atom is 0.163 e. The van der Waals surface area contributed by atoms with Gasteiger partial charge in [-0.05, 0) is 36.1 Å². The maximum absolute atomic E-state index is 12.2. The highest BCUT2D eigenvalue weighted by atomic mass is 16.1. The summed E-state index contributed by atoms with van der Waals surface area (Å²) in [6.45, 7) is 6.29. The smallest absolute Gasteiger partial charge is 0.163 e. The molecule has 1 aromatic carbocycles. The van der Waals surface area contributed by atoms with Crippen LogP contribution in [0.5, 0.6) is 0 Å². The first-order chi connectivity index (χ1) is 8.70. The molecule has 1 atom stereocenters. The predicted octanol–water partition coefficient (Wildman–Crippen LogP) is 3.34. The van der Waals surface area contributed by atoms with Crippen molar-refractivity contribution >= 4 is 5.78 Å². The maximum atomic E-state index is 12.2. The minimum atomic E-state index is 0.296. The van der Waals surface area contributed by atoms with Crippen molar-refractivity contribution in [3.05, 3.63) is 34.9 Å². The number of rotatable bonds is 5. The number of fused-ring (bicyclic) bond motifs is 1. The zero-order valence-corrected chi connectivity index (χ0v) is 11.5. The molecule has 2 nitrogen and oxygen atoms in total. The van der Waals surface area contributed by atoms with E-state index in [9.17, 15) is 4.79 Å². The van der Waals surface area contributed by atoms with Gasteiger partial charge in [-0.25, -0.2) is 0 Å². The molecule has 0 spiro atoms. The van der Waals surface area contributed by atoms with Gasteiger partial charge in [-0.1, -0.05) is 38.8 Å². The fourth-order valence-corrected chi connectivity index (χ4v) is 2.68. The second-order valence-electron chi connectivity index (χ2n) is 5.43. The molecule has 1 aliphatic heterocycles. The highest BCUT2D eigenvalue weighted by Gasteiger charge is 2.14. The number of hydrogen-bond acceptors (Lipinski definition) is 2. The van der Waals surface area contributed by atoms with Gasteiger partial charge in [0.05, 0.1) is 0 Å². The van der Waals surface area contributed by atoms with E-state index in [0.717, 1.165) is 37.9 Å². The Hall–Kier alpha value is -1.15. The average molecular weight is 245 g/mol. The molecule has 0 aliphatic carbocycles. The highest BCUT2D eigenvalue weighted by Crippen LogP contribution is 2.19. The van der Waals surface area contributed by atoms with Gasteiger partial charge in [-0.2, -0.15) is 0 Å². The van der Waals surface area contributed by atoms with E-state index in [2.05, 4.69) is 31.3 Å². The molecular formula is C16H23NO. The molecule has 1 aliphatic rings. The van der Waals surface area contributed by atoms with Crippen LogP contribution in [0.2, 0.25) is 0 Å². The second-order valence-corrected chi connectivity index (χ2v) is 5.43. The lowest BCUT2D eigenvalue weighted by Gasteiger charge is -2.18. The van der Waals surface area contributed by atoms with Gasteiger partial charge in [0, 0.05) is 18.5 Å². The van der Waals surface area contributed by atoms with Gasteiger partial charge < -0.3 is 5.32 Å². The molecule has 0 amide bonds. The minimum absolute atomic E-state index is 0.296. The number of carbonyl (C=O) groups is 1. The van der Waals surface area contributed by atoms with Crippen LogP contribution in [0, 0.1) is 5.92 Å². The normalized spacial score (nSPS) is 16.1. The van der Waals surface area contributed by atoms with Gasteiger partial charge in [0.2, 0.25) is 0 Å². The molecule has 0 bridgehead atoms. The Bertz CT molecular complexity index is 425. The summed E-state index contributed by atoms with van der Waals surface area (Å²) in [5.74, 6) is 0.793. The summed E-state index contributed by atoms with van der Waals surface area (Å²) in [7, 11) is 0. The zero-order chi connectivity index (χ0) is 13.0. The predicted molar refractivity (Wildman–Crippen MR) is 74.9 cm³/mol. The third kappa shape index (κ3) is 3.20. The van der Waals surface area contributed by atoms with Crippen LogP contribution in [-0.4, -0.2) is 12.3 Å². The molecule has 1 aromatic rings. The topological polar surface area (TPSA) is 29.1 Å². The van der Waals surface area contributed by atoms with Crippen LogP contribution in [0.4, 0.5) is 0 Å². The first kappa shape index (κ1) is 13.3. The van der Waals surface area contributed by atoms with E-state index < -0.39 is 0 Å². The van der Waals surface area contributed by atoms with Crippen molar-refractivity contribution in [2.45, 2.75) is 46.1 Å². The summed E-state index contributed by atoms with van der Waals surface area (Å²) in [6, 6.07) is 6.22. The number of carbonyl (C=O) groups excluding carboxylic acids is 1. The molecular weight excluding hydrogens is 222 g/mol. The molecule has 1 heterocycles. The van der Waals surface area contributed by atoms with Crippen LogP contribution in [0.15, 0.2) is 18.2 Å². The molecule has 2 heteroatoms. The summed E-state index contributed by atoms with van der Waals surface area (Å²) < 4.78 is 0. The van der Waals surface area contributed by atoms with Crippen molar-refractivity contribution in [1.82, 2.24) is 5.32 Å². The molecule has 0 saturated heterocycles. The zero-order valence-electron chi connectivity index (χ0n) is 11.5. The molecule has 98 valence electrons. The Morgan fingerprint density at radius 3 is 3.00 bits per heavy atom. The number of hydrogen-bond donors (Lipinski definition) is 1. The fraction of sp³-hybridized carbons (Fsp3) is 0.562. The standard InChI is InChI=1S/C16H23NO/c1-3-4-12(2)9-16(18)14-6-5-13-7-8-17-11-15(13)10-14/h5-6,10,12,17H,3-4,7-9,11H2,1-2H3. The van der Waals surface area contributed by atoms with E-state index in [1.807, 2.05) is 6.07 Å². The van der Waals surface area contributed by atoms with Crippen molar-refractivity contribution in [2.24, 2.45) is 5.92 Å². The van der Waals surface area contributed by atoms with Crippen LogP contribution in [0.1, 0.15) is 54.6 Å². The lowest BCUT2D eigenvalue weighted by Crippen LogP contribution is -2.23. The van der Waals surface area contributed by atoms with Crippen LogP contribution in [0.3, 0.4) is 0 Å². The molecule has 18 heavy (non-hydrogen) atoms. The first-order valence-electron chi connectivity index (χ1n) is 7.06. The molecule has 0 saturated carbocycles. The molecule has 0 aromatic heterocycles. The Morgan fingerprint density at radius 1 is 1.39 bits per heavy atom. The molecule has 0 radical (unpaired) electrons. The summed E-state index contributed by atoms with van der Waals surface area (Å²) in [5, 5.41) is 3.36. The van der Waals surface area contributed by atoms with Crippen molar-refractivity contribution in [2.75, 3.05) is 6.54 Å². The summed E-state index contributed by atoms with van der Waals surface area (Å²) in [4.78, 5) is 12.2. The Balaban J connectivity index is 2.06. The third-order valence-electron chi connectivity index (χ3n) is 3.73. The molecule has 0 fully saturated rings. The van der Waals surface area contributed by atoms with Crippen molar-refractivity contribution in [3.8, 4) is 0 Å². The van der Waals surface area contributed by atoms with E-state index in [1.165, 1.54) is 11.1 Å². The van der Waals surface area contributed by atoms with Crippen LogP contribution in [0.25, 0.3) is 0 Å². The minimum Gasteiger partial charge on any atom is -0.312 e. The van der Waals surface area contributed by atoms with Crippen molar-refractivity contribution < 1.29 is 4.79 Å². The Kier molecular flexibility index (Phi) is 4.54. The Labute approximate surface area is 110 Å². The van der Waals surface area contributed by atoms with Gasteiger partial charge in [-0.15, -0.1) is 0 Å². The van der Waals surface area contributed by atoms with Crippen molar-refractivity contribution in [3.63, 3.8) is 0 Å². The van der Waals surface area contributed by atoms with Crippen molar-refractivity contribution in [1.29, 1.82) is 0 Å². The largest absolute Gasteiger partial charge is 0.312 e. The Morgan fingerprint density at radius 2 is 2.22 bits per heavy atom. The number of benzene rings is 1. The number of ketones is 1. The number of nitrogens with one attached hydrogen (secondary N) is 1. The second kappa shape index (κ2) is 6.14. The third-order valence-corrected chi connectivity index (χ3v) is 3.73. The van der Waals surface area contributed by atoms with E-state index >= 15 is 0 Å². The van der Waals surface area contributed by atoms with Gasteiger partial charge in [0.15, 0.2) is 5.78 Å². The molecule has 1 unspecified atom stereocenters. The van der Waals surface area contributed by atoms with E-state index in [4.69, 9.17) is 0 Å². The average Bonchev–Trinajstić information content (AvgIpc) is 2.38. The lowest BCUT2D eigenvalue weighted by molar-refractivity contribution is 0.0962. The van der Waals surface area contributed by atoms with Gasteiger partial charge in [0.1, 0.15) is 0 Å². The van der Waals surface area contributed by atoms with Crippen LogP contribution >= 0.6 is 0 Å². The monoisotopic (exact) mass is 245 g/mol. The quantitative estimate of drug-likeness (QED) is 0.806. The SMILES string of the molecule is CCCC(C)CC(=O)c1ccc2c(c1)CNCC2. The molecule has 2 rings (SSSR count). The van der Waals surface area contributed by atoms with Gasteiger partial charge in [0.25, 0.3) is 0 Å². The van der Waals surface area contributed by atoms with E-state index in [-0.39, 0.29) is 0 Å². The van der Waals surface area contributed by atoms with Crippen LogP contribution < -0.4 is 5.32 Å². The van der Waals surface area contributed by atoms with E-state index in [1.54, 1.807) is 0 Å².